The van der Waals surface area contributed by atoms with Gasteiger partial charge in [-0.1, -0.05) is 39.4 Å². The van der Waals surface area contributed by atoms with Crippen LogP contribution >= 0.6 is 27.3 Å². The summed E-state index contributed by atoms with van der Waals surface area (Å²) in [6.45, 7) is 4.06. The third kappa shape index (κ3) is 2.80. The van der Waals surface area contributed by atoms with Crippen LogP contribution in [0.1, 0.15) is 23.5 Å². The van der Waals surface area contributed by atoms with Crippen LogP contribution in [0, 0.1) is 6.92 Å². The molecule has 5 heteroatoms. The van der Waals surface area contributed by atoms with E-state index in [9.17, 15) is 0 Å². The highest BCUT2D eigenvalue weighted by atomic mass is 79.9. The van der Waals surface area contributed by atoms with E-state index in [-0.39, 0.29) is 6.04 Å². The second-order valence-electron chi connectivity index (χ2n) is 3.54. The molecule has 0 bridgehead atoms. The molecule has 1 unspecified atom stereocenters. The number of rotatable bonds is 3. The fraction of sp³-hybridized carbons (Fsp3) is 0.273. The number of halogens is 1. The summed E-state index contributed by atoms with van der Waals surface area (Å²) in [4.78, 5) is 0. The van der Waals surface area contributed by atoms with E-state index < -0.39 is 0 Å². The number of nitrogens with zero attached hydrogens (tertiary/aromatic N) is 2. The van der Waals surface area contributed by atoms with Crippen LogP contribution in [-0.4, -0.2) is 10.2 Å². The smallest absolute Gasteiger partial charge is 0.206 e. The lowest BCUT2D eigenvalue weighted by Gasteiger charge is -2.12. The predicted octanol–water partition coefficient (Wildman–Crippen LogP) is 3.78. The average molecular weight is 298 g/mol. The van der Waals surface area contributed by atoms with Gasteiger partial charge in [-0.05, 0) is 31.5 Å². The zero-order valence-corrected chi connectivity index (χ0v) is 11.5. The van der Waals surface area contributed by atoms with Crippen molar-refractivity contribution >= 4 is 32.4 Å². The van der Waals surface area contributed by atoms with E-state index in [1.807, 2.05) is 19.1 Å². The zero-order chi connectivity index (χ0) is 11.5. The number of aryl methyl sites for hydroxylation is 1. The lowest BCUT2D eigenvalue weighted by molar-refractivity contribution is 0.872. The lowest BCUT2D eigenvalue weighted by Crippen LogP contribution is -2.05. The molecule has 1 heterocycles. The summed E-state index contributed by atoms with van der Waals surface area (Å²) < 4.78 is 1.09. The standard InChI is InChI=1S/C11H12BrN3S/c1-7(9-3-5-10(12)6-4-9)13-11-15-14-8(2)16-11/h3-7H,1-2H3,(H,13,15). The Morgan fingerprint density at radius 3 is 2.50 bits per heavy atom. The Hall–Kier alpha value is -0.940. The maximum absolute atomic E-state index is 4.05. The number of anilines is 1. The van der Waals surface area contributed by atoms with Crippen molar-refractivity contribution in [3.8, 4) is 0 Å². The molecule has 16 heavy (non-hydrogen) atoms. The van der Waals surface area contributed by atoms with Crippen LogP contribution < -0.4 is 5.32 Å². The fourth-order valence-electron chi connectivity index (χ4n) is 1.37. The molecular weight excluding hydrogens is 286 g/mol. The Balaban J connectivity index is 2.08. The van der Waals surface area contributed by atoms with E-state index in [1.165, 1.54) is 5.56 Å². The number of hydrogen-bond acceptors (Lipinski definition) is 4. The van der Waals surface area contributed by atoms with Crippen molar-refractivity contribution in [1.82, 2.24) is 10.2 Å². The van der Waals surface area contributed by atoms with E-state index >= 15 is 0 Å². The van der Waals surface area contributed by atoms with Gasteiger partial charge < -0.3 is 5.32 Å². The highest BCUT2D eigenvalue weighted by molar-refractivity contribution is 9.10. The van der Waals surface area contributed by atoms with Crippen molar-refractivity contribution in [2.45, 2.75) is 19.9 Å². The molecule has 1 N–H and O–H groups in total. The van der Waals surface area contributed by atoms with Crippen LogP contribution in [0.15, 0.2) is 28.7 Å². The second-order valence-corrected chi connectivity index (χ2v) is 5.64. The molecule has 0 amide bonds. The molecule has 84 valence electrons. The van der Waals surface area contributed by atoms with E-state index in [0.29, 0.717) is 0 Å². The van der Waals surface area contributed by atoms with Gasteiger partial charge in [-0.15, -0.1) is 10.2 Å². The van der Waals surface area contributed by atoms with Gasteiger partial charge in [-0.3, -0.25) is 0 Å². The van der Waals surface area contributed by atoms with Crippen LogP contribution in [0.2, 0.25) is 0 Å². The SMILES string of the molecule is Cc1nnc(NC(C)c2ccc(Br)cc2)s1. The normalized spacial score (nSPS) is 12.4. The summed E-state index contributed by atoms with van der Waals surface area (Å²) in [6, 6.07) is 8.50. The van der Waals surface area contributed by atoms with Gasteiger partial charge >= 0.3 is 0 Å². The monoisotopic (exact) mass is 297 g/mol. The Morgan fingerprint density at radius 2 is 1.94 bits per heavy atom. The van der Waals surface area contributed by atoms with E-state index in [1.54, 1.807) is 11.3 Å². The molecule has 0 spiro atoms. The number of benzene rings is 1. The fourth-order valence-corrected chi connectivity index (χ4v) is 2.32. The van der Waals surface area contributed by atoms with E-state index in [0.717, 1.165) is 14.6 Å². The Morgan fingerprint density at radius 1 is 1.25 bits per heavy atom. The van der Waals surface area contributed by atoms with E-state index in [2.05, 4.69) is 50.5 Å². The molecule has 0 aliphatic carbocycles. The summed E-state index contributed by atoms with van der Waals surface area (Å²) in [7, 11) is 0. The predicted molar refractivity (Wildman–Crippen MR) is 70.8 cm³/mol. The first-order valence-electron chi connectivity index (χ1n) is 4.97. The molecule has 1 aromatic heterocycles. The number of nitrogens with one attached hydrogen (secondary N) is 1. The molecule has 3 nitrogen and oxygen atoms in total. The highest BCUT2D eigenvalue weighted by Gasteiger charge is 2.07. The maximum atomic E-state index is 4.05. The average Bonchev–Trinajstić information content (AvgIpc) is 2.65. The summed E-state index contributed by atoms with van der Waals surface area (Å²) in [5.74, 6) is 0. The topological polar surface area (TPSA) is 37.8 Å². The number of aromatic nitrogens is 2. The quantitative estimate of drug-likeness (QED) is 0.937. The van der Waals surface area contributed by atoms with Crippen LogP contribution in [0.5, 0.6) is 0 Å². The highest BCUT2D eigenvalue weighted by Crippen LogP contribution is 2.22. The second kappa shape index (κ2) is 4.93. The number of hydrogen-bond donors (Lipinski definition) is 1. The van der Waals surface area contributed by atoms with Crippen LogP contribution in [-0.2, 0) is 0 Å². The molecule has 2 aromatic rings. The van der Waals surface area contributed by atoms with Crippen LogP contribution in [0.3, 0.4) is 0 Å². The van der Waals surface area contributed by atoms with Gasteiger partial charge in [0.25, 0.3) is 0 Å². The Bertz CT molecular complexity index is 466. The minimum atomic E-state index is 0.237. The summed E-state index contributed by atoms with van der Waals surface area (Å²) in [6.07, 6.45) is 0. The van der Waals surface area contributed by atoms with Gasteiger partial charge in [0, 0.05) is 4.47 Å². The molecule has 0 aliphatic heterocycles. The van der Waals surface area contributed by atoms with Gasteiger partial charge in [-0.2, -0.15) is 0 Å². The Labute approximate surface area is 107 Å². The van der Waals surface area contributed by atoms with Crippen molar-refractivity contribution < 1.29 is 0 Å². The first kappa shape index (κ1) is 11.5. The summed E-state index contributed by atoms with van der Waals surface area (Å²) >= 11 is 5.00. The van der Waals surface area contributed by atoms with Crippen molar-refractivity contribution in [3.63, 3.8) is 0 Å². The van der Waals surface area contributed by atoms with Gasteiger partial charge in [0.2, 0.25) is 5.13 Å². The third-order valence-electron chi connectivity index (χ3n) is 2.24. The van der Waals surface area contributed by atoms with Crippen molar-refractivity contribution in [2.75, 3.05) is 5.32 Å². The largest absolute Gasteiger partial charge is 0.354 e. The molecular formula is C11H12BrN3S. The molecule has 2 rings (SSSR count). The van der Waals surface area contributed by atoms with Crippen LogP contribution in [0.4, 0.5) is 5.13 Å². The first-order valence-corrected chi connectivity index (χ1v) is 6.58. The van der Waals surface area contributed by atoms with Gasteiger partial charge in [-0.25, -0.2) is 0 Å². The minimum Gasteiger partial charge on any atom is -0.354 e. The third-order valence-corrected chi connectivity index (χ3v) is 3.53. The van der Waals surface area contributed by atoms with Crippen molar-refractivity contribution in [3.05, 3.63) is 39.3 Å². The molecule has 0 aliphatic rings. The zero-order valence-electron chi connectivity index (χ0n) is 9.07. The van der Waals surface area contributed by atoms with Crippen molar-refractivity contribution in [2.24, 2.45) is 0 Å². The van der Waals surface area contributed by atoms with E-state index in [4.69, 9.17) is 0 Å². The lowest BCUT2D eigenvalue weighted by atomic mass is 10.1. The van der Waals surface area contributed by atoms with Gasteiger partial charge in [0.15, 0.2) is 0 Å². The Kier molecular flexibility index (Phi) is 3.56. The molecule has 0 saturated heterocycles. The van der Waals surface area contributed by atoms with Crippen LogP contribution in [0.25, 0.3) is 0 Å². The molecule has 0 saturated carbocycles. The van der Waals surface area contributed by atoms with Gasteiger partial charge in [0.05, 0.1) is 6.04 Å². The van der Waals surface area contributed by atoms with Gasteiger partial charge in [0.1, 0.15) is 5.01 Å². The summed E-state index contributed by atoms with van der Waals surface area (Å²) in [5, 5.41) is 13.2. The maximum Gasteiger partial charge on any atom is 0.206 e. The summed E-state index contributed by atoms with van der Waals surface area (Å²) in [5.41, 5.74) is 1.23. The molecule has 0 fully saturated rings. The molecule has 1 aromatic carbocycles. The first-order chi connectivity index (χ1) is 7.65. The minimum absolute atomic E-state index is 0.237. The molecule has 0 radical (unpaired) electrons. The molecule has 1 atom stereocenters. The van der Waals surface area contributed by atoms with Crippen molar-refractivity contribution in [1.29, 1.82) is 0 Å².